The van der Waals surface area contributed by atoms with Crippen LogP contribution in [0.3, 0.4) is 0 Å². The first kappa shape index (κ1) is 17.3. The van der Waals surface area contributed by atoms with Crippen molar-refractivity contribution in [1.82, 2.24) is 4.98 Å². The van der Waals surface area contributed by atoms with Crippen LogP contribution >= 0.6 is 0 Å². The number of aromatic nitrogens is 1. The summed E-state index contributed by atoms with van der Waals surface area (Å²) in [5.41, 5.74) is 13.5. The van der Waals surface area contributed by atoms with Gasteiger partial charge in [-0.2, -0.15) is 4.99 Å². The molecule has 7 nitrogen and oxygen atoms in total. The van der Waals surface area contributed by atoms with E-state index in [2.05, 4.69) is 9.98 Å². The van der Waals surface area contributed by atoms with Crippen LogP contribution in [0.4, 0.5) is 5.69 Å². The van der Waals surface area contributed by atoms with Gasteiger partial charge in [0.25, 0.3) is 0 Å². The van der Waals surface area contributed by atoms with Gasteiger partial charge in [-0.25, -0.2) is 4.99 Å². The van der Waals surface area contributed by atoms with Crippen molar-refractivity contribution < 1.29 is 4.74 Å². The molecule has 2 aliphatic rings. The maximum absolute atomic E-state index is 6.33. The topological polar surface area (TPSA) is 102 Å². The van der Waals surface area contributed by atoms with Crippen molar-refractivity contribution in [3.8, 4) is 5.75 Å². The molecule has 1 aliphatic carbocycles. The molecule has 4 rings (SSSR count). The van der Waals surface area contributed by atoms with Gasteiger partial charge in [-0.05, 0) is 49.9 Å². The molecular formula is C20H24N6O. The van der Waals surface area contributed by atoms with E-state index in [1.54, 1.807) is 6.20 Å². The zero-order chi connectivity index (χ0) is 18.7. The van der Waals surface area contributed by atoms with Gasteiger partial charge in [0.05, 0.1) is 11.4 Å². The van der Waals surface area contributed by atoms with Gasteiger partial charge in [0.2, 0.25) is 11.9 Å². The van der Waals surface area contributed by atoms with Crippen molar-refractivity contribution in [2.45, 2.75) is 44.4 Å². The predicted octanol–water partition coefficient (Wildman–Crippen LogP) is 2.77. The number of aliphatic imine (C=N–C) groups is 2. The highest BCUT2D eigenvalue weighted by Crippen LogP contribution is 2.42. The lowest BCUT2D eigenvalue weighted by Crippen LogP contribution is -2.58. The molecule has 1 spiro atoms. The summed E-state index contributed by atoms with van der Waals surface area (Å²) in [6, 6.07) is 13.6. The molecule has 0 amide bonds. The monoisotopic (exact) mass is 364 g/mol. The van der Waals surface area contributed by atoms with Crippen molar-refractivity contribution in [2.24, 2.45) is 21.5 Å². The molecule has 7 heteroatoms. The van der Waals surface area contributed by atoms with Gasteiger partial charge in [0, 0.05) is 6.20 Å². The zero-order valence-corrected chi connectivity index (χ0v) is 15.2. The zero-order valence-electron chi connectivity index (χ0n) is 15.2. The number of para-hydroxylation sites is 2. The van der Waals surface area contributed by atoms with Crippen LogP contribution in [-0.2, 0) is 6.61 Å². The van der Waals surface area contributed by atoms with Gasteiger partial charge in [-0.15, -0.1) is 0 Å². The van der Waals surface area contributed by atoms with Crippen molar-refractivity contribution in [3.05, 3.63) is 54.4 Å². The van der Waals surface area contributed by atoms with Crippen LogP contribution in [-0.4, -0.2) is 22.6 Å². The van der Waals surface area contributed by atoms with Crippen LogP contribution in [0.25, 0.3) is 0 Å². The van der Waals surface area contributed by atoms with Crippen LogP contribution < -0.4 is 21.1 Å². The molecule has 2 heterocycles. The number of hydrogen-bond acceptors (Lipinski definition) is 7. The Kier molecular flexibility index (Phi) is 4.66. The summed E-state index contributed by atoms with van der Waals surface area (Å²) >= 11 is 0. The third-order valence-corrected chi connectivity index (χ3v) is 5.06. The van der Waals surface area contributed by atoms with Crippen molar-refractivity contribution in [3.63, 3.8) is 0 Å². The maximum atomic E-state index is 6.33. The van der Waals surface area contributed by atoms with Gasteiger partial charge < -0.3 is 16.2 Å². The molecule has 1 fully saturated rings. The minimum Gasteiger partial charge on any atom is -0.485 e. The molecule has 1 aromatic heterocycles. The van der Waals surface area contributed by atoms with Crippen molar-refractivity contribution >= 4 is 17.6 Å². The molecule has 1 aliphatic heterocycles. The number of nitrogens with two attached hydrogens (primary N) is 2. The molecule has 0 saturated heterocycles. The first-order chi connectivity index (χ1) is 13.2. The highest BCUT2D eigenvalue weighted by Gasteiger charge is 2.43. The van der Waals surface area contributed by atoms with Crippen molar-refractivity contribution in [1.29, 1.82) is 0 Å². The highest BCUT2D eigenvalue weighted by atomic mass is 16.5. The van der Waals surface area contributed by atoms with Crippen molar-refractivity contribution in [2.75, 3.05) is 4.90 Å². The number of guanidine groups is 2. The third kappa shape index (κ3) is 3.45. The predicted molar refractivity (Wildman–Crippen MR) is 107 cm³/mol. The van der Waals surface area contributed by atoms with Gasteiger partial charge in [0.1, 0.15) is 18.0 Å². The smallest absolute Gasteiger partial charge is 0.220 e. The second-order valence-corrected chi connectivity index (χ2v) is 6.90. The average Bonchev–Trinajstić information content (AvgIpc) is 2.68. The Balaban J connectivity index is 1.68. The fourth-order valence-corrected chi connectivity index (χ4v) is 3.87. The van der Waals surface area contributed by atoms with Crippen LogP contribution in [0.2, 0.25) is 0 Å². The fraction of sp³-hybridized carbons (Fsp3) is 0.350. The van der Waals surface area contributed by atoms with E-state index in [1.807, 2.05) is 47.4 Å². The van der Waals surface area contributed by atoms with Gasteiger partial charge in [-0.1, -0.05) is 24.6 Å². The van der Waals surface area contributed by atoms with E-state index in [4.69, 9.17) is 21.2 Å². The van der Waals surface area contributed by atoms with E-state index < -0.39 is 5.66 Å². The summed E-state index contributed by atoms with van der Waals surface area (Å²) in [7, 11) is 0. The standard InChI is InChI=1S/C20H24N6O/c21-18-24-19(22)26(20(25-18)11-5-1-6-12-20)16-9-2-3-10-17(16)27-14-15-8-4-7-13-23-15/h2-4,7-10,13H,1,5-6,11-12,14H2,(H4,21,22,24,25). The second kappa shape index (κ2) is 7.26. The summed E-state index contributed by atoms with van der Waals surface area (Å²) in [4.78, 5) is 15.3. The maximum Gasteiger partial charge on any atom is 0.220 e. The van der Waals surface area contributed by atoms with Crippen LogP contribution in [0.15, 0.2) is 58.6 Å². The number of ether oxygens (including phenoxy) is 1. The largest absolute Gasteiger partial charge is 0.485 e. The lowest BCUT2D eigenvalue weighted by molar-refractivity contribution is 0.287. The molecule has 0 bridgehead atoms. The van der Waals surface area contributed by atoms with E-state index in [0.29, 0.717) is 12.6 Å². The Labute approximate surface area is 158 Å². The number of benzene rings is 1. The minimum atomic E-state index is -0.487. The summed E-state index contributed by atoms with van der Waals surface area (Å²) in [6.07, 6.45) is 6.89. The Morgan fingerprint density at radius 1 is 1.00 bits per heavy atom. The number of nitrogens with zero attached hydrogens (tertiary/aromatic N) is 4. The Morgan fingerprint density at radius 2 is 1.78 bits per heavy atom. The molecule has 0 radical (unpaired) electrons. The van der Waals surface area contributed by atoms with E-state index in [-0.39, 0.29) is 5.96 Å². The summed E-state index contributed by atoms with van der Waals surface area (Å²) in [5.74, 6) is 1.33. The molecule has 1 aromatic carbocycles. The Hall–Kier alpha value is -3.09. The third-order valence-electron chi connectivity index (χ3n) is 5.06. The number of anilines is 1. The fourth-order valence-electron chi connectivity index (χ4n) is 3.87. The highest BCUT2D eigenvalue weighted by molar-refractivity contribution is 6.06. The second-order valence-electron chi connectivity index (χ2n) is 6.90. The first-order valence-corrected chi connectivity index (χ1v) is 9.29. The molecular weight excluding hydrogens is 340 g/mol. The molecule has 27 heavy (non-hydrogen) atoms. The number of pyridine rings is 1. The molecule has 2 aromatic rings. The number of rotatable bonds is 4. The SMILES string of the molecule is NC1=NC2(CCCCC2)N(c2ccccc2OCc2ccccn2)C(N)=N1. The quantitative estimate of drug-likeness (QED) is 0.868. The van der Waals surface area contributed by atoms with E-state index >= 15 is 0 Å². The van der Waals surface area contributed by atoms with Gasteiger partial charge >= 0.3 is 0 Å². The average molecular weight is 364 g/mol. The molecule has 1 saturated carbocycles. The van der Waals surface area contributed by atoms with Crippen LogP contribution in [0.1, 0.15) is 37.8 Å². The lowest BCUT2D eigenvalue weighted by Gasteiger charge is -2.45. The normalized spacial score (nSPS) is 18.7. The summed E-state index contributed by atoms with van der Waals surface area (Å²) in [5, 5.41) is 0. The number of hydrogen-bond donors (Lipinski definition) is 2. The van der Waals surface area contributed by atoms with Gasteiger partial charge in [0.15, 0.2) is 0 Å². The molecule has 0 atom stereocenters. The summed E-state index contributed by atoms with van der Waals surface area (Å²) < 4.78 is 6.09. The van der Waals surface area contributed by atoms with E-state index in [1.165, 1.54) is 6.42 Å². The van der Waals surface area contributed by atoms with Crippen LogP contribution in [0.5, 0.6) is 5.75 Å². The molecule has 4 N–H and O–H groups in total. The van der Waals surface area contributed by atoms with E-state index in [9.17, 15) is 0 Å². The van der Waals surface area contributed by atoms with Gasteiger partial charge in [-0.3, -0.25) is 9.88 Å². The van der Waals surface area contributed by atoms with E-state index in [0.717, 1.165) is 42.8 Å². The lowest BCUT2D eigenvalue weighted by atomic mass is 9.87. The molecule has 140 valence electrons. The Morgan fingerprint density at radius 3 is 2.56 bits per heavy atom. The summed E-state index contributed by atoms with van der Waals surface area (Å²) in [6.45, 7) is 0.376. The van der Waals surface area contributed by atoms with Crippen LogP contribution in [0, 0.1) is 0 Å². The Bertz CT molecular complexity index is 858. The minimum absolute atomic E-state index is 0.248. The first-order valence-electron chi connectivity index (χ1n) is 9.29. The molecule has 0 unspecified atom stereocenters.